The molecule has 6 heteroatoms. The molecule has 0 radical (unpaired) electrons. The maximum absolute atomic E-state index is 13.8. The van der Waals surface area contributed by atoms with Gasteiger partial charge in [0.2, 0.25) is 11.7 Å². The number of carbonyl (C=O) groups excluding carboxylic acids is 1. The van der Waals surface area contributed by atoms with Crippen LogP contribution in [-0.4, -0.2) is 10.9 Å². The molecule has 0 spiro atoms. The molecular weight excluding hydrogens is 319 g/mol. The lowest BCUT2D eigenvalue weighted by Crippen LogP contribution is -2.13. The second-order valence-corrected chi connectivity index (χ2v) is 5.31. The van der Waals surface area contributed by atoms with Crippen LogP contribution in [0.1, 0.15) is 16.2 Å². The van der Waals surface area contributed by atoms with Crippen LogP contribution in [0.3, 0.4) is 0 Å². The SMILES string of the molecule is Cc1nc(-c2ccccc2)oc1C(=O)Nc1ccc(Cl)cc1F. The van der Waals surface area contributed by atoms with Gasteiger partial charge < -0.3 is 9.73 Å². The molecule has 3 rings (SSSR count). The second-order valence-electron chi connectivity index (χ2n) is 4.88. The Morgan fingerprint density at radius 1 is 1.22 bits per heavy atom. The highest BCUT2D eigenvalue weighted by Gasteiger charge is 2.19. The quantitative estimate of drug-likeness (QED) is 0.757. The Hall–Kier alpha value is -2.66. The molecule has 1 amide bonds. The summed E-state index contributed by atoms with van der Waals surface area (Å²) >= 11 is 5.69. The fourth-order valence-corrected chi connectivity index (χ4v) is 2.24. The number of oxazole rings is 1. The summed E-state index contributed by atoms with van der Waals surface area (Å²) in [5.74, 6) is -0.812. The number of aryl methyl sites for hydroxylation is 1. The third kappa shape index (κ3) is 3.24. The first kappa shape index (κ1) is 15.2. The highest BCUT2D eigenvalue weighted by atomic mass is 35.5. The molecule has 0 unspecified atom stereocenters. The van der Waals surface area contributed by atoms with Crippen LogP contribution >= 0.6 is 11.6 Å². The number of anilines is 1. The summed E-state index contributed by atoms with van der Waals surface area (Å²) < 4.78 is 19.3. The molecule has 0 atom stereocenters. The average Bonchev–Trinajstić information content (AvgIpc) is 2.93. The first-order valence-electron chi connectivity index (χ1n) is 6.84. The molecule has 23 heavy (non-hydrogen) atoms. The van der Waals surface area contributed by atoms with Crippen LogP contribution in [0.4, 0.5) is 10.1 Å². The molecule has 0 aliphatic rings. The second kappa shape index (κ2) is 6.22. The minimum absolute atomic E-state index is 0.0245. The Morgan fingerprint density at radius 3 is 2.65 bits per heavy atom. The molecule has 116 valence electrons. The van der Waals surface area contributed by atoms with Crippen LogP contribution in [-0.2, 0) is 0 Å². The van der Waals surface area contributed by atoms with Gasteiger partial charge in [0, 0.05) is 10.6 Å². The maximum atomic E-state index is 13.8. The Labute approximate surface area is 136 Å². The fourth-order valence-electron chi connectivity index (χ4n) is 2.08. The van der Waals surface area contributed by atoms with Crippen LogP contribution in [0, 0.1) is 12.7 Å². The van der Waals surface area contributed by atoms with Crippen LogP contribution in [0.5, 0.6) is 0 Å². The normalized spacial score (nSPS) is 10.6. The Kier molecular flexibility index (Phi) is 4.12. The van der Waals surface area contributed by atoms with E-state index in [-0.39, 0.29) is 16.5 Å². The molecule has 0 saturated carbocycles. The zero-order valence-corrected chi connectivity index (χ0v) is 12.9. The van der Waals surface area contributed by atoms with Gasteiger partial charge in [0.05, 0.1) is 11.4 Å². The van der Waals surface area contributed by atoms with E-state index in [2.05, 4.69) is 10.3 Å². The minimum Gasteiger partial charge on any atom is -0.431 e. The largest absolute Gasteiger partial charge is 0.431 e. The van der Waals surface area contributed by atoms with E-state index in [1.165, 1.54) is 12.1 Å². The summed E-state index contributed by atoms with van der Waals surface area (Å²) in [6, 6.07) is 13.2. The van der Waals surface area contributed by atoms with Gasteiger partial charge in [0.25, 0.3) is 5.91 Å². The highest BCUT2D eigenvalue weighted by Crippen LogP contribution is 2.24. The fraction of sp³-hybridized carbons (Fsp3) is 0.0588. The summed E-state index contributed by atoms with van der Waals surface area (Å²) in [4.78, 5) is 16.5. The first-order valence-corrected chi connectivity index (χ1v) is 7.21. The van der Waals surface area contributed by atoms with Crippen LogP contribution < -0.4 is 5.32 Å². The number of carbonyl (C=O) groups is 1. The molecule has 3 aromatic rings. The summed E-state index contributed by atoms with van der Waals surface area (Å²) in [5, 5.41) is 2.71. The van der Waals surface area contributed by atoms with E-state index in [9.17, 15) is 9.18 Å². The van der Waals surface area contributed by atoms with E-state index in [4.69, 9.17) is 16.0 Å². The molecule has 0 bridgehead atoms. The van der Waals surface area contributed by atoms with Crippen LogP contribution in [0.25, 0.3) is 11.5 Å². The smallest absolute Gasteiger partial charge is 0.293 e. The molecular formula is C17H12ClFN2O2. The van der Waals surface area contributed by atoms with Crippen molar-refractivity contribution in [1.29, 1.82) is 0 Å². The number of rotatable bonds is 3. The van der Waals surface area contributed by atoms with Crippen molar-refractivity contribution in [2.75, 3.05) is 5.32 Å². The van der Waals surface area contributed by atoms with Gasteiger partial charge in [-0.05, 0) is 37.3 Å². The number of nitrogens with one attached hydrogen (secondary N) is 1. The number of amides is 1. The summed E-state index contributed by atoms with van der Waals surface area (Å²) in [7, 11) is 0. The minimum atomic E-state index is -0.619. The van der Waals surface area contributed by atoms with Crippen molar-refractivity contribution in [3.8, 4) is 11.5 Å². The number of benzene rings is 2. The van der Waals surface area contributed by atoms with Gasteiger partial charge >= 0.3 is 0 Å². The number of hydrogen-bond acceptors (Lipinski definition) is 3. The number of nitrogens with zero attached hydrogens (tertiary/aromatic N) is 1. The van der Waals surface area contributed by atoms with Crippen molar-refractivity contribution >= 4 is 23.2 Å². The number of halogens is 2. The van der Waals surface area contributed by atoms with Gasteiger partial charge in [-0.3, -0.25) is 4.79 Å². The van der Waals surface area contributed by atoms with Crippen molar-refractivity contribution in [1.82, 2.24) is 4.98 Å². The first-order chi connectivity index (χ1) is 11.0. The molecule has 4 nitrogen and oxygen atoms in total. The Bertz CT molecular complexity index is 862. The molecule has 2 aromatic carbocycles. The zero-order valence-electron chi connectivity index (χ0n) is 12.1. The lowest BCUT2D eigenvalue weighted by Gasteiger charge is -2.05. The molecule has 1 heterocycles. The zero-order chi connectivity index (χ0) is 16.4. The maximum Gasteiger partial charge on any atom is 0.293 e. The Balaban J connectivity index is 1.87. The van der Waals surface area contributed by atoms with Crippen molar-refractivity contribution in [2.24, 2.45) is 0 Å². The van der Waals surface area contributed by atoms with Crippen molar-refractivity contribution in [3.63, 3.8) is 0 Å². The summed E-state index contributed by atoms with van der Waals surface area (Å²) in [6.45, 7) is 1.66. The van der Waals surface area contributed by atoms with Gasteiger partial charge in [-0.1, -0.05) is 29.8 Å². The van der Waals surface area contributed by atoms with Crippen molar-refractivity contribution in [3.05, 3.63) is 70.8 Å². The monoisotopic (exact) mass is 330 g/mol. The molecule has 1 aromatic heterocycles. The molecule has 0 fully saturated rings. The predicted octanol–water partition coefficient (Wildman–Crippen LogP) is 4.69. The van der Waals surface area contributed by atoms with Crippen LogP contribution in [0.2, 0.25) is 5.02 Å². The Morgan fingerprint density at radius 2 is 1.96 bits per heavy atom. The lowest BCUT2D eigenvalue weighted by atomic mass is 10.2. The van der Waals surface area contributed by atoms with Gasteiger partial charge in [-0.2, -0.15) is 0 Å². The van der Waals surface area contributed by atoms with Gasteiger partial charge in [-0.25, -0.2) is 9.37 Å². The topological polar surface area (TPSA) is 55.1 Å². The van der Waals surface area contributed by atoms with E-state index in [1.54, 1.807) is 6.92 Å². The van der Waals surface area contributed by atoms with E-state index < -0.39 is 11.7 Å². The van der Waals surface area contributed by atoms with Gasteiger partial charge in [-0.15, -0.1) is 0 Å². The number of aromatic nitrogens is 1. The molecule has 1 N–H and O–H groups in total. The van der Waals surface area contributed by atoms with Crippen LogP contribution in [0.15, 0.2) is 52.9 Å². The third-order valence-corrected chi connectivity index (χ3v) is 3.44. The molecule has 0 aliphatic heterocycles. The van der Waals surface area contributed by atoms with Crippen molar-refractivity contribution < 1.29 is 13.6 Å². The summed E-state index contributed by atoms with van der Waals surface area (Å²) in [6.07, 6.45) is 0. The van der Waals surface area contributed by atoms with Gasteiger partial charge in [0.1, 0.15) is 5.82 Å². The standard InChI is InChI=1S/C17H12ClFN2O2/c1-10-15(23-17(20-10)11-5-3-2-4-6-11)16(22)21-14-8-7-12(18)9-13(14)19/h2-9H,1H3,(H,21,22). The van der Waals surface area contributed by atoms with Crippen molar-refractivity contribution in [2.45, 2.75) is 6.92 Å². The third-order valence-electron chi connectivity index (χ3n) is 3.20. The van der Waals surface area contributed by atoms with E-state index in [0.29, 0.717) is 11.6 Å². The highest BCUT2D eigenvalue weighted by molar-refractivity contribution is 6.30. The van der Waals surface area contributed by atoms with E-state index in [1.807, 2.05) is 30.3 Å². The van der Waals surface area contributed by atoms with E-state index >= 15 is 0 Å². The summed E-state index contributed by atoms with van der Waals surface area (Å²) in [5.41, 5.74) is 1.21. The predicted molar refractivity (Wildman–Crippen MR) is 86.0 cm³/mol. The molecule has 0 saturated heterocycles. The van der Waals surface area contributed by atoms with Gasteiger partial charge in [0.15, 0.2) is 0 Å². The molecule has 0 aliphatic carbocycles. The van der Waals surface area contributed by atoms with E-state index in [0.717, 1.165) is 11.6 Å². The number of hydrogen-bond donors (Lipinski definition) is 1. The average molecular weight is 331 g/mol. The lowest BCUT2D eigenvalue weighted by molar-refractivity contribution is 0.0996.